The second kappa shape index (κ2) is 6.70. The summed E-state index contributed by atoms with van der Waals surface area (Å²) in [5.74, 6) is 1.37. The van der Waals surface area contributed by atoms with Crippen LogP contribution in [0.4, 0.5) is 0 Å². The summed E-state index contributed by atoms with van der Waals surface area (Å²) in [6.45, 7) is 3.66. The van der Waals surface area contributed by atoms with E-state index in [1.54, 1.807) is 6.20 Å². The highest BCUT2D eigenvalue weighted by Gasteiger charge is 2.22. The Morgan fingerprint density at radius 2 is 2.04 bits per heavy atom. The zero-order chi connectivity index (χ0) is 17.1. The number of rotatable bonds is 5. The second-order valence-electron chi connectivity index (χ2n) is 5.79. The maximum atomic E-state index is 12.6. The van der Waals surface area contributed by atoms with Crippen molar-refractivity contribution in [2.45, 2.75) is 26.3 Å². The summed E-state index contributed by atoms with van der Waals surface area (Å²) >= 11 is 0. The number of amides is 1. The number of aromatic nitrogens is 3. The Balaban J connectivity index is 1.85. The molecule has 0 aliphatic heterocycles. The summed E-state index contributed by atoms with van der Waals surface area (Å²) in [5.41, 5.74) is 2.56. The van der Waals surface area contributed by atoms with Crippen LogP contribution in [0.3, 0.4) is 0 Å². The van der Waals surface area contributed by atoms with Gasteiger partial charge in [-0.05, 0) is 19.4 Å². The number of nitrogens with zero attached hydrogens (tertiary/aromatic N) is 3. The number of carbonyl (C=O) groups excluding carboxylic acids is 1. The van der Waals surface area contributed by atoms with Gasteiger partial charge in [-0.15, -0.1) is 0 Å². The highest BCUT2D eigenvalue weighted by Crippen LogP contribution is 2.21. The molecule has 1 atom stereocenters. The lowest BCUT2D eigenvalue weighted by molar-refractivity contribution is -0.121. The highest BCUT2D eigenvalue weighted by molar-refractivity contribution is 5.79. The minimum atomic E-state index is -0.306. The summed E-state index contributed by atoms with van der Waals surface area (Å²) in [6.07, 6.45) is 3.83. The van der Waals surface area contributed by atoms with Gasteiger partial charge < -0.3 is 14.4 Å². The molecule has 0 saturated heterocycles. The van der Waals surface area contributed by atoms with Gasteiger partial charge >= 0.3 is 0 Å². The fraction of sp³-hybridized carbons (Fsp3) is 0.278. The van der Waals surface area contributed by atoms with E-state index in [1.807, 2.05) is 62.0 Å². The molecular formula is C18H20N4O2. The van der Waals surface area contributed by atoms with Gasteiger partial charge in [0.25, 0.3) is 0 Å². The molecule has 0 spiro atoms. The molecule has 6 nitrogen and oxygen atoms in total. The van der Waals surface area contributed by atoms with Crippen LogP contribution >= 0.6 is 0 Å². The monoisotopic (exact) mass is 324 g/mol. The Morgan fingerprint density at radius 1 is 1.29 bits per heavy atom. The SMILES string of the molecule is Cc1noc(C)c1CC(=O)N[C@@H](c1ccccc1)c1nccn1C. The number of hydrogen-bond donors (Lipinski definition) is 1. The summed E-state index contributed by atoms with van der Waals surface area (Å²) < 4.78 is 7.04. The summed E-state index contributed by atoms with van der Waals surface area (Å²) in [5, 5.41) is 6.98. The molecule has 3 rings (SSSR count). The molecule has 0 aliphatic rings. The van der Waals surface area contributed by atoms with Crippen molar-refractivity contribution in [1.29, 1.82) is 0 Å². The van der Waals surface area contributed by atoms with Gasteiger partial charge in [0.1, 0.15) is 17.6 Å². The van der Waals surface area contributed by atoms with Gasteiger partial charge in [0.2, 0.25) is 5.91 Å². The molecule has 124 valence electrons. The Hall–Kier alpha value is -2.89. The number of benzene rings is 1. The molecule has 6 heteroatoms. The Labute approximate surface area is 140 Å². The maximum absolute atomic E-state index is 12.6. The molecule has 0 aliphatic carbocycles. The fourth-order valence-electron chi connectivity index (χ4n) is 2.72. The van der Waals surface area contributed by atoms with E-state index >= 15 is 0 Å². The number of carbonyl (C=O) groups is 1. The Morgan fingerprint density at radius 3 is 2.62 bits per heavy atom. The normalized spacial score (nSPS) is 12.1. The van der Waals surface area contributed by atoms with E-state index in [0.29, 0.717) is 5.76 Å². The van der Waals surface area contributed by atoms with Crippen LogP contribution in [-0.4, -0.2) is 20.6 Å². The minimum Gasteiger partial charge on any atom is -0.361 e. The average Bonchev–Trinajstić information content (AvgIpc) is 3.14. The average molecular weight is 324 g/mol. The molecule has 2 aromatic heterocycles. The second-order valence-corrected chi connectivity index (χ2v) is 5.79. The van der Waals surface area contributed by atoms with Crippen molar-refractivity contribution < 1.29 is 9.32 Å². The van der Waals surface area contributed by atoms with Crippen LogP contribution in [0.15, 0.2) is 47.2 Å². The number of imidazole rings is 1. The first-order valence-electron chi connectivity index (χ1n) is 7.79. The minimum absolute atomic E-state index is 0.0961. The van der Waals surface area contributed by atoms with Crippen LogP contribution in [-0.2, 0) is 18.3 Å². The van der Waals surface area contributed by atoms with Crippen molar-refractivity contribution >= 4 is 5.91 Å². The first-order valence-corrected chi connectivity index (χ1v) is 7.79. The van der Waals surface area contributed by atoms with Crippen LogP contribution in [0.2, 0.25) is 0 Å². The van der Waals surface area contributed by atoms with Gasteiger partial charge in [-0.1, -0.05) is 35.5 Å². The Kier molecular flexibility index (Phi) is 4.46. The van der Waals surface area contributed by atoms with E-state index in [0.717, 1.165) is 22.6 Å². The topological polar surface area (TPSA) is 73.0 Å². The maximum Gasteiger partial charge on any atom is 0.225 e. The molecule has 0 bridgehead atoms. The zero-order valence-corrected chi connectivity index (χ0v) is 14.0. The fourth-order valence-corrected chi connectivity index (χ4v) is 2.72. The lowest BCUT2D eigenvalue weighted by atomic mass is 10.0. The van der Waals surface area contributed by atoms with Crippen LogP contribution in [0.25, 0.3) is 0 Å². The first kappa shape index (κ1) is 16.0. The quantitative estimate of drug-likeness (QED) is 0.782. The number of nitrogens with one attached hydrogen (secondary N) is 1. The van der Waals surface area contributed by atoms with Crippen LogP contribution in [0.5, 0.6) is 0 Å². The Bertz CT molecular complexity index is 816. The largest absolute Gasteiger partial charge is 0.361 e. The third-order valence-electron chi connectivity index (χ3n) is 4.07. The lowest BCUT2D eigenvalue weighted by Crippen LogP contribution is -2.32. The van der Waals surface area contributed by atoms with Crippen molar-refractivity contribution in [3.05, 3.63) is 71.1 Å². The molecule has 24 heavy (non-hydrogen) atoms. The van der Waals surface area contributed by atoms with Crippen molar-refractivity contribution in [1.82, 2.24) is 20.0 Å². The van der Waals surface area contributed by atoms with E-state index in [-0.39, 0.29) is 18.4 Å². The van der Waals surface area contributed by atoms with Crippen molar-refractivity contribution in [3.8, 4) is 0 Å². The van der Waals surface area contributed by atoms with Crippen molar-refractivity contribution in [3.63, 3.8) is 0 Å². The van der Waals surface area contributed by atoms with Gasteiger partial charge in [0.15, 0.2) is 0 Å². The van der Waals surface area contributed by atoms with E-state index in [2.05, 4.69) is 15.5 Å². The molecule has 1 aromatic carbocycles. The summed E-state index contributed by atoms with van der Waals surface area (Å²) in [4.78, 5) is 17.0. The molecule has 1 amide bonds. The molecular weight excluding hydrogens is 304 g/mol. The third kappa shape index (κ3) is 3.22. The van der Waals surface area contributed by atoms with Gasteiger partial charge in [-0.25, -0.2) is 4.98 Å². The predicted octanol–water partition coefficient (Wildman–Crippen LogP) is 2.47. The van der Waals surface area contributed by atoms with E-state index in [1.165, 1.54) is 0 Å². The lowest BCUT2D eigenvalue weighted by Gasteiger charge is -2.19. The molecule has 0 fully saturated rings. The first-order chi connectivity index (χ1) is 11.6. The van der Waals surface area contributed by atoms with Crippen molar-refractivity contribution in [2.24, 2.45) is 7.05 Å². The summed E-state index contributed by atoms with van der Waals surface area (Å²) in [7, 11) is 1.92. The molecule has 3 aromatic rings. The predicted molar refractivity (Wildman–Crippen MR) is 89.3 cm³/mol. The van der Waals surface area contributed by atoms with Gasteiger partial charge in [-0.2, -0.15) is 0 Å². The van der Waals surface area contributed by atoms with Gasteiger partial charge in [0.05, 0.1) is 12.1 Å². The third-order valence-corrected chi connectivity index (χ3v) is 4.07. The van der Waals surface area contributed by atoms with E-state index < -0.39 is 0 Å². The smallest absolute Gasteiger partial charge is 0.225 e. The number of hydrogen-bond acceptors (Lipinski definition) is 4. The van der Waals surface area contributed by atoms with Crippen LogP contribution < -0.4 is 5.32 Å². The van der Waals surface area contributed by atoms with Gasteiger partial charge in [0, 0.05) is 25.0 Å². The molecule has 0 radical (unpaired) electrons. The van der Waals surface area contributed by atoms with Gasteiger partial charge in [-0.3, -0.25) is 4.79 Å². The van der Waals surface area contributed by atoms with Crippen molar-refractivity contribution in [2.75, 3.05) is 0 Å². The summed E-state index contributed by atoms with van der Waals surface area (Å²) in [6, 6.07) is 9.51. The molecule has 2 heterocycles. The van der Waals surface area contributed by atoms with E-state index in [4.69, 9.17) is 4.52 Å². The molecule has 0 saturated carbocycles. The van der Waals surface area contributed by atoms with Crippen LogP contribution in [0.1, 0.15) is 34.4 Å². The van der Waals surface area contributed by atoms with Crippen LogP contribution in [0, 0.1) is 13.8 Å². The zero-order valence-electron chi connectivity index (χ0n) is 14.0. The highest BCUT2D eigenvalue weighted by atomic mass is 16.5. The molecule has 0 unspecified atom stereocenters. The standard InChI is InChI=1S/C18H20N4O2/c1-12-15(13(2)24-21-12)11-16(23)20-17(14-7-5-4-6-8-14)18-19-9-10-22(18)3/h4-10,17H,11H2,1-3H3,(H,20,23)/t17-/m0/s1. The number of aryl methyl sites for hydroxylation is 3. The molecule has 1 N–H and O–H groups in total. The van der Waals surface area contributed by atoms with E-state index in [9.17, 15) is 4.79 Å².